The molecule has 34 heavy (non-hydrogen) atoms. The Bertz CT molecular complexity index is 1070. The number of aryl methyl sites for hydroxylation is 1. The monoisotopic (exact) mass is 512 g/mol. The number of hydrogen-bond donors (Lipinski definition) is 1. The van der Waals surface area contributed by atoms with Crippen LogP contribution in [0.2, 0.25) is 0 Å². The third-order valence-electron chi connectivity index (χ3n) is 4.82. The lowest BCUT2D eigenvalue weighted by Crippen LogP contribution is -2.36. The summed E-state index contributed by atoms with van der Waals surface area (Å²) >= 11 is 0.392. The Labute approximate surface area is 191 Å². The van der Waals surface area contributed by atoms with Crippen LogP contribution in [0, 0.1) is 6.92 Å². The molecule has 0 aliphatic carbocycles. The number of hydrogen-bond acceptors (Lipinski definition) is 6. The zero-order valence-electron chi connectivity index (χ0n) is 17.0. The zero-order chi connectivity index (χ0) is 25.4. The fourth-order valence-electron chi connectivity index (χ4n) is 3.04. The lowest BCUT2D eigenvalue weighted by atomic mass is 10.0. The lowest BCUT2D eigenvalue weighted by Gasteiger charge is -2.21. The van der Waals surface area contributed by atoms with Crippen LogP contribution in [-0.4, -0.2) is 40.2 Å². The first-order valence-corrected chi connectivity index (χ1v) is 10.4. The highest BCUT2D eigenvalue weighted by atomic mass is 32.2. The second-order valence-corrected chi connectivity index (χ2v) is 8.44. The molecule has 0 bridgehead atoms. The van der Waals surface area contributed by atoms with Crippen LogP contribution >= 0.6 is 11.8 Å². The van der Waals surface area contributed by atoms with E-state index >= 15 is 0 Å². The number of aliphatic hydroxyl groups excluding tert-OH is 1. The second-order valence-electron chi connectivity index (χ2n) is 7.22. The van der Waals surface area contributed by atoms with E-state index in [2.05, 4.69) is 0 Å². The van der Waals surface area contributed by atoms with E-state index in [-0.39, 0.29) is 16.7 Å². The maximum Gasteiger partial charge on any atom is 0.416 e. The third-order valence-corrected chi connectivity index (χ3v) is 5.99. The van der Waals surface area contributed by atoms with Crippen LogP contribution in [0.3, 0.4) is 0 Å². The Balaban J connectivity index is 1.74. The summed E-state index contributed by atoms with van der Waals surface area (Å²) in [5.41, 5.74) is -6.07. The van der Waals surface area contributed by atoms with Gasteiger partial charge < -0.3 is 14.6 Å². The predicted octanol–water partition coefficient (Wildman–Crippen LogP) is 5.14. The first kappa shape index (κ1) is 25.8. The summed E-state index contributed by atoms with van der Waals surface area (Å²) < 4.78 is 101. The summed E-state index contributed by atoms with van der Waals surface area (Å²) in [6.07, 6.45) is -13.3. The van der Waals surface area contributed by atoms with Gasteiger partial charge in [0.25, 0.3) is 0 Å². The van der Waals surface area contributed by atoms with Gasteiger partial charge in [-0.15, -0.1) is 0 Å². The van der Waals surface area contributed by atoms with Crippen molar-refractivity contribution in [3.63, 3.8) is 0 Å². The average Bonchev–Trinajstić information content (AvgIpc) is 2.99. The first-order chi connectivity index (χ1) is 15.7. The van der Waals surface area contributed by atoms with Gasteiger partial charge in [0.15, 0.2) is 17.7 Å². The predicted molar refractivity (Wildman–Crippen MR) is 105 cm³/mol. The standard InChI is InChI=1S/C21H15F7O5S/c1-9-8-12(21(26,27)28)6-7-13(9)17(30)33-19-15(14(22)18(31)34-19)32-16(29)10-2-4-11(5-3-10)20(23,24)25/h2-8,14-15,18-19,31H,1H3/t14-,15-,18?,19+/m0/s1. The number of rotatable bonds is 4. The topological polar surface area (TPSA) is 72.8 Å². The number of aliphatic hydroxyl groups is 1. The number of halogens is 7. The van der Waals surface area contributed by atoms with Crippen LogP contribution < -0.4 is 0 Å². The van der Waals surface area contributed by atoms with Crippen molar-refractivity contribution in [2.24, 2.45) is 0 Å². The molecule has 1 saturated heterocycles. The van der Waals surface area contributed by atoms with Crippen LogP contribution in [0.5, 0.6) is 0 Å². The van der Waals surface area contributed by atoms with Crippen molar-refractivity contribution in [3.05, 3.63) is 70.3 Å². The lowest BCUT2D eigenvalue weighted by molar-refractivity contribution is -0.138. The Kier molecular flexibility index (Phi) is 7.18. The first-order valence-electron chi connectivity index (χ1n) is 9.43. The number of benzene rings is 2. The van der Waals surface area contributed by atoms with Gasteiger partial charge in [0.2, 0.25) is 0 Å². The van der Waals surface area contributed by atoms with E-state index in [4.69, 9.17) is 9.47 Å². The van der Waals surface area contributed by atoms with E-state index in [1.165, 1.54) is 6.92 Å². The van der Waals surface area contributed by atoms with Crippen molar-refractivity contribution in [1.29, 1.82) is 0 Å². The van der Waals surface area contributed by atoms with Crippen molar-refractivity contribution in [1.82, 2.24) is 0 Å². The Hall–Kier alpha value is -2.80. The van der Waals surface area contributed by atoms with E-state index < -0.39 is 58.6 Å². The molecule has 1 aliphatic rings. The molecule has 0 spiro atoms. The highest BCUT2D eigenvalue weighted by Crippen LogP contribution is 2.39. The fraction of sp³-hybridized carbons (Fsp3) is 0.333. The molecular formula is C21H15F7O5S. The maximum atomic E-state index is 14.4. The van der Waals surface area contributed by atoms with Crippen LogP contribution in [0.1, 0.15) is 37.4 Å². The Morgan fingerprint density at radius 2 is 1.44 bits per heavy atom. The molecule has 1 unspecified atom stereocenters. The van der Waals surface area contributed by atoms with Gasteiger partial charge in [0.1, 0.15) is 5.44 Å². The maximum absolute atomic E-state index is 14.4. The summed E-state index contributed by atoms with van der Waals surface area (Å²) in [5.74, 6) is -2.39. The molecule has 1 N–H and O–H groups in total. The summed E-state index contributed by atoms with van der Waals surface area (Å²) in [7, 11) is 0. The van der Waals surface area contributed by atoms with E-state index in [9.17, 15) is 45.4 Å². The highest BCUT2D eigenvalue weighted by Gasteiger charge is 2.49. The van der Waals surface area contributed by atoms with E-state index in [0.717, 1.165) is 18.2 Å². The van der Waals surface area contributed by atoms with Crippen molar-refractivity contribution in [2.75, 3.05) is 0 Å². The van der Waals surface area contributed by atoms with Gasteiger partial charge in [-0.3, -0.25) is 0 Å². The van der Waals surface area contributed by atoms with Crippen LogP contribution in [-0.2, 0) is 21.8 Å². The summed E-state index contributed by atoms with van der Waals surface area (Å²) in [5, 5.41) is 9.77. The van der Waals surface area contributed by atoms with Crippen LogP contribution in [0.25, 0.3) is 0 Å². The SMILES string of the molecule is Cc1cc(C(F)(F)F)ccc1C(=O)O[C@@H]1SC(O)[C@@H](F)[C@@H]1OC(=O)c1ccc(C(F)(F)F)cc1. The molecule has 3 rings (SSSR count). The molecule has 5 nitrogen and oxygen atoms in total. The van der Waals surface area contributed by atoms with Crippen LogP contribution in [0.15, 0.2) is 42.5 Å². The number of carbonyl (C=O) groups is 2. The number of thioether (sulfide) groups is 1. The van der Waals surface area contributed by atoms with Gasteiger partial charge >= 0.3 is 24.3 Å². The minimum atomic E-state index is -4.64. The normalized spacial score (nSPS) is 23.0. The Morgan fingerprint density at radius 1 is 0.882 bits per heavy atom. The fourth-order valence-corrected chi connectivity index (χ4v) is 4.13. The van der Waals surface area contributed by atoms with E-state index in [1.807, 2.05) is 0 Å². The molecule has 0 saturated carbocycles. The molecule has 13 heteroatoms. The number of carbonyl (C=O) groups excluding carboxylic acids is 2. The van der Waals surface area contributed by atoms with Gasteiger partial charge in [0.05, 0.1) is 22.3 Å². The van der Waals surface area contributed by atoms with Crippen molar-refractivity contribution in [3.8, 4) is 0 Å². The van der Waals surface area contributed by atoms with Gasteiger partial charge in [-0.1, -0.05) is 11.8 Å². The highest BCUT2D eigenvalue weighted by molar-refractivity contribution is 8.00. The minimum Gasteiger partial charge on any atom is -0.451 e. The van der Waals surface area contributed by atoms with Crippen molar-refractivity contribution >= 4 is 23.7 Å². The number of ether oxygens (including phenoxy) is 2. The molecule has 1 heterocycles. The molecule has 1 fully saturated rings. The molecule has 0 aromatic heterocycles. The van der Waals surface area contributed by atoms with Crippen LogP contribution in [0.4, 0.5) is 30.7 Å². The molecule has 0 amide bonds. The van der Waals surface area contributed by atoms with Gasteiger partial charge in [-0.2, -0.15) is 26.3 Å². The molecule has 2 aromatic carbocycles. The molecule has 2 aromatic rings. The van der Waals surface area contributed by atoms with Crippen molar-refractivity contribution in [2.45, 2.75) is 42.4 Å². The summed E-state index contributed by atoms with van der Waals surface area (Å²) in [6.45, 7) is 1.22. The molecule has 1 aliphatic heterocycles. The molecular weight excluding hydrogens is 497 g/mol. The third kappa shape index (κ3) is 5.63. The quantitative estimate of drug-likeness (QED) is 0.452. The molecule has 0 radical (unpaired) electrons. The molecule has 4 atom stereocenters. The Morgan fingerprint density at radius 3 is 1.97 bits per heavy atom. The van der Waals surface area contributed by atoms with E-state index in [0.29, 0.717) is 36.0 Å². The summed E-state index contributed by atoms with van der Waals surface area (Å²) in [6, 6.07) is 5.09. The summed E-state index contributed by atoms with van der Waals surface area (Å²) in [4.78, 5) is 24.8. The second kappa shape index (κ2) is 9.45. The zero-order valence-corrected chi connectivity index (χ0v) is 17.8. The average molecular weight is 512 g/mol. The van der Waals surface area contributed by atoms with Gasteiger partial charge in [-0.05, 0) is 55.0 Å². The number of alkyl halides is 7. The largest absolute Gasteiger partial charge is 0.451 e. The minimum absolute atomic E-state index is 0.0848. The number of esters is 2. The smallest absolute Gasteiger partial charge is 0.416 e. The van der Waals surface area contributed by atoms with Crippen molar-refractivity contribution < 1.29 is 54.9 Å². The van der Waals surface area contributed by atoms with E-state index in [1.54, 1.807) is 0 Å². The van der Waals surface area contributed by atoms with Gasteiger partial charge in [0, 0.05) is 0 Å². The van der Waals surface area contributed by atoms with Gasteiger partial charge in [-0.25, -0.2) is 14.0 Å². The molecule has 184 valence electrons.